The monoisotopic (exact) mass is 232 g/mol. The summed E-state index contributed by atoms with van der Waals surface area (Å²) in [5.74, 6) is 0.732. The zero-order valence-corrected chi connectivity index (χ0v) is 9.94. The van der Waals surface area contributed by atoms with Crippen LogP contribution in [0.3, 0.4) is 0 Å². The van der Waals surface area contributed by atoms with Crippen LogP contribution in [0, 0.1) is 0 Å². The molecule has 1 amide bonds. The molecule has 0 atom stereocenters. The van der Waals surface area contributed by atoms with E-state index in [0.29, 0.717) is 12.2 Å². The summed E-state index contributed by atoms with van der Waals surface area (Å²) in [6, 6.07) is 0. The average Bonchev–Trinajstić information content (AvgIpc) is 2.33. The molecular formula is C12H16N4O. The van der Waals surface area contributed by atoms with Gasteiger partial charge in [-0.05, 0) is 33.0 Å². The van der Waals surface area contributed by atoms with Crippen molar-refractivity contribution in [2.24, 2.45) is 0 Å². The Morgan fingerprint density at radius 1 is 1.29 bits per heavy atom. The molecule has 1 fully saturated rings. The molecular weight excluding hydrogens is 216 g/mol. The SMILES string of the molecule is CN1CCC2(CC1)CC(=O)Nc1nccnc12. The van der Waals surface area contributed by atoms with E-state index in [0.717, 1.165) is 31.6 Å². The fraction of sp³-hybridized carbons (Fsp3) is 0.583. The van der Waals surface area contributed by atoms with Crippen molar-refractivity contribution in [1.29, 1.82) is 0 Å². The number of nitrogens with zero attached hydrogens (tertiary/aromatic N) is 3. The third kappa shape index (κ3) is 1.70. The molecule has 0 aliphatic carbocycles. The summed E-state index contributed by atoms with van der Waals surface area (Å²) < 4.78 is 0. The van der Waals surface area contributed by atoms with Crippen LogP contribution in [0.2, 0.25) is 0 Å². The van der Waals surface area contributed by atoms with E-state index in [1.165, 1.54) is 0 Å². The molecule has 1 aromatic rings. The maximum Gasteiger partial charge on any atom is 0.226 e. The lowest BCUT2D eigenvalue weighted by Gasteiger charge is -2.42. The highest BCUT2D eigenvalue weighted by atomic mass is 16.1. The molecule has 0 unspecified atom stereocenters. The number of nitrogens with one attached hydrogen (secondary N) is 1. The van der Waals surface area contributed by atoms with Gasteiger partial charge in [-0.15, -0.1) is 0 Å². The Kier molecular flexibility index (Phi) is 2.36. The first-order valence-electron chi connectivity index (χ1n) is 5.99. The molecule has 5 nitrogen and oxygen atoms in total. The van der Waals surface area contributed by atoms with Gasteiger partial charge in [0.25, 0.3) is 0 Å². The zero-order valence-electron chi connectivity index (χ0n) is 9.94. The smallest absolute Gasteiger partial charge is 0.226 e. The van der Waals surface area contributed by atoms with Gasteiger partial charge in [-0.1, -0.05) is 0 Å². The van der Waals surface area contributed by atoms with Gasteiger partial charge in [0.1, 0.15) is 0 Å². The highest BCUT2D eigenvalue weighted by Crippen LogP contribution is 2.42. The van der Waals surface area contributed by atoms with Crippen LogP contribution in [-0.2, 0) is 10.2 Å². The molecule has 2 aliphatic rings. The summed E-state index contributed by atoms with van der Waals surface area (Å²) in [4.78, 5) is 22.8. The second-order valence-corrected chi connectivity index (χ2v) is 5.06. The van der Waals surface area contributed by atoms with Crippen LogP contribution in [0.15, 0.2) is 12.4 Å². The van der Waals surface area contributed by atoms with Crippen molar-refractivity contribution in [3.05, 3.63) is 18.1 Å². The summed E-state index contributed by atoms with van der Waals surface area (Å²) in [5.41, 5.74) is 0.894. The normalized spacial score (nSPS) is 23.2. The van der Waals surface area contributed by atoms with Gasteiger partial charge in [-0.25, -0.2) is 4.98 Å². The quantitative estimate of drug-likeness (QED) is 0.718. The number of carbonyl (C=O) groups excluding carboxylic acids is 1. The summed E-state index contributed by atoms with van der Waals surface area (Å²) in [5, 5.41) is 2.82. The van der Waals surface area contributed by atoms with Crippen LogP contribution >= 0.6 is 0 Å². The Bertz CT molecular complexity index is 452. The van der Waals surface area contributed by atoms with Gasteiger partial charge < -0.3 is 10.2 Å². The van der Waals surface area contributed by atoms with Crippen molar-refractivity contribution < 1.29 is 4.79 Å². The molecule has 5 heteroatoms. The second kappa shape index (κ2) is 3.77. The number of hydrogen-bond acceptors (Lipinski definition) is 4. The molecule has 2 aliphatic heterocycles. The van der Waals surface area contributed by atoms with Crippen LogP contribution in [0.25, 0.3) is 0 Å². The lowest BCUT2D eigenvalue weighted by molar-refractivity contribution is -0.118. The van der Waals surface area contributed by atoms with E-state index in [9.17, 15) is 4.79 Å². The Hall–Kier alpha value is -1.49. The molecule has 0 saturated carbocycles. The molecule has 90 valence electrons. The van der Waals surface area contributed by atoms with Crippen molar-refractivity contribution in [3.63, 3.8) is 0 Å². The van der Waals surface area contributed by atoms with Gasteiger partial charge in [0.2, 0.25) is 5.91 Å². The summed E-state index contributed by atoms with van der Waals surface area (Å²) >= 11 is 0. The summed E-state index contributed by atoms with van der Waals surface area (Å²) in [6.07, 6.45) is 5.88. The molecule has 1 saturated heterocycles. The van der Waals surface area contributed by atoms with Crippen molar-refractivity contribution in [1.82, 2.24) is 14.9 Å². The first-order chi connectivity index (χ1) is 8.20. The molecule has 1 spiro atoms. The Labute approximate surface area is 100 Å². The molecule has 1 N–H and O–H groups in total. The van der Waals surface area contributed by atoms with Gasteiger partial charge >= 0.3 is 0 Å². The van der Waals surface area contributed by atoms with Crippen LogP contribution in [0.1, 0.15) is 25.0 Å². The maximum absolute atomic E-state index is 11.8. The van der Waals surface area contributed by atoms with Gasteiger partial charge in [-0.3, -0.25) is 9.78 Å². The minimum absolute atomic E-state index is 0.0718. The molecule has 0 aromatic carbocycles. The molecule has 3 heterocycles. The fourth-order valence-corrected chi connectivity index (χ4v) is 2.85. The predicted octanol–water partition coefficient (Wildman–Crippen LogP) is 0.782. The number of piperidine rings is 1. The highest BCUT2D eigenvalue weighted by Gasteiger charge is 2.43. The number of hydrogen-bond donors (Lipinski definition) is 1. The predicted molar refractivity (Wildman–Crippen MR) is 63.7 cm³/mol. The molecule has 3 rings (SSSR count). The molecule has 0 radical (unpaired) electrons. The van der Waals surface area contributed by atoms with E-state index in [2.05, 4.69) is 27.2 Å². The topological polar surface area (TPSA) is 58.1 Å². The van der Waals surface area contributed by atoms with Crippen molar-refractivity contribution in [3.8, 4) is 0 Å². The number of anilines is 1. The number of likely N-dealkylation sites (tertiary alicyclic amines) is 1. The van der Waals surface area contributed by atoms with E-state index in [1.54, 1.807) is 12.4 Å². The zero-order chi connectivity index (χ0) is 11.9. The minimum atomic E-state index is -0.0849. The van der Waals surface area contributed by atoms with Gasteiger partial charge in [0.05, 0.1) is 5.69 Å². The Morgan fingerprint density at radius 2 is 2.00 bits per heavy atom. The van der Waals surface area contributed by atoms with Gasteiger partial charge in [0, 0.05) is 24.2 Å². The first-order valence-corrected chi connectivity index (χ1v) is 5.99. The lowest BCUT2D eigenvalue weighted by atomic mass is 9.71. The van der Waals surface area contributed by atoms with E-state index >= 15 is 0 Å². The van der Waals surface area contributed by atoms with Gasteiger partial charge in [-0.2, -0.15) is 0 Å². The van der Waals surface area contributed by atoms with Crippen molar-refractivity contribution in [2.75, 3.05) is 25.5 Å². The first kappa shape index (κ1) is 10.7. The molecule has 0 bridgehead atoms. The van der Waals surface area contributed by atoms with Crippen LogP contribution in [-0.4, -0.2) is 40.9 Å². The maximum atomic E-state index is 11.8. The second-order valence-electron chi connectivity index (χ2n) is 5.06. The summed E-state index contributed by atoms with van der Waals surface area (Å²) in [6.45, 7) is 2.03. The number of rotatable bonds is 0. The minimum Gasteiger partial charge on any atom is -0.309 e. The van der Waals surface area contributed by atoms with E-state index in [4.69, 9.17) is 0 Å². The highest BCUT2D eigenvalue weighted by molar-refractivity contribution is 5.94. The number of amides is 1. The van der Waals surface area contributed by atoms with E-state index in [-0.39, 0.29) is 11.3 Å². The van der Waals surface area contributed by atoms with E-state index in [1.807, 2.05) is 0 Å². The van der Waals surface area contributed by atoms with Gasteiger partial charge in [0.15, 0.2) is 5.82 Å². The number of aromatic nitrogens is 2. The molecule has 1 aromatic heterocycles. The standard InChI is InChI=1S/C12H16N4O/c1-16-6-2-12(3-7-16)8-9(17)15-11-10(12)13-4-5-14-11/h4-5H,2-3,6-8H2,1H3,(H,14,15,17). The lowest BCUT2D eigenvalue weighted by Crippen LogP contribution is -2.46. The van der Waals surface area contributed by atoms with Crippen molar-refractivity contribution in [2.45, 2.75) is 24.7 Å². The van der Waals surface area contributed by atoms with Crippen molar-refractivity contribution >= 4 is 11.7 Å². The Morgan fingerprint density at radius 3 is 2.76 bits per heavy atom. The third-order valence-electron chi connectivity index (χ3n) is 3.90. The van der Waals surface area contributed by atoms with Crippen LogP contribution < -0.4 is 5.32 Å². The fourth-order valence-electron chi connectivity index (χ4n) is 2.85. The number of fused-ring (bicyclic) bond motifs is 2. The average molecular weight is 232 g/mol. The Balaban J connectivity index is 2.02. The summed E-state index contributed by atoms with van der Waals surface area (Å²) in [7, 11) is 2.12. The molecule has 17 heavy (non-hydrogen) atoms. The van der Waals surface area contributed by atoms with E-state index < -0.39 is 0 Å². The largest absolute Gasteiger partial charge is 0.309 e. The van der Waals surface area contributed by atoms with Crippen LogP contribution in [0.5, 0.6) is 0 Å². The van der Waals surface area contributed by atoms with Crippen LogP contribution in [0.4, 0.5) is 5.82 Å². The third-order valence-corrected chi connectivity index (χ3v) is 3.90. The number of carbonyl (C=O) groups is 1.